The van der Waals surface area contributed by atoms with Crippen molar-refractivity contribution in [3.05, 3.63) is 156 Å². The molecular formula is C35H31NO2. The first-order valence-corrected chi connectivity index (χ1v) is 12.7. The molecule has 0 bridgehead atoms. The monoisotopic (exact) mass is 497 g/mol. The molecule has 1 atom stereocenters. The Bertz CT molecular complexity index is 1440. The molecule has 0 aromatic heterocycles. The van der Waals surface area contributed by atoms with E-state index in [1.165, 1.54) is 11.1 Å². The first kappa shape index (κ1) is 24.9. The van der Waals surface area contributed by atoms with Gasteiger partial charge in [0.25, 0.3) is 0 Å². The van der Waals surface area contributed by atoms with Crippen LogP contribution >= 0.6 is 0 Å². The lowest BCUT2D eigenvalue weighted by Gasteiger charge is -2.25. The molecular weight excluding hydrogens is 466 g/mol. The summed E-state index contributed by atoms with van der Waals surface area (Å²) in [6.45, 7) is 0. The fourth-order valence-corrected chi connectivity index (χ4v) is 4.58. The number of rotatable bonds is 9. The molecule has 5 aromatic carbocycles. The van der Waals surface area contributed by atoms with Crippen LogP contribution in [0.25, 0.3) is 6.08 Å². The van der Waals surface area contributed by atoms with Crippen molar-refractivity contribution in [1.29, 1.82) is 0 Å². The van der Waals surface area contributed by atoms with Crippen LogP contribution in [-0.2, 0) is 0 Å². The number of para-hydroxylation sites is 1. The third-order valence-corrected chi connectivity index (χ3v) is 6.61. The van der Waals surface area contributed by atoms with Gasteiger partial charge in [0.1, 0.15) is 11.5 Å². The molecule has 0 N–H and O–H groups in total. The van der Waals surface area contributed by atoms with E-state index < -0.39 is 0 Å². The Balaban J connectivity index is 1.44. The number of nitrogens with zero attached hydrogens (tertiary/aromatic N) is 1. The quantitative estimate of drug-likeness (QED) is 0.203. The van der Waals surface area contributed by atoms with E-state index in [9.17, 15) is 0 Å². The highest BCUT2D eigenvalue weighted by Crippen LogP contribution is 2.35. The predicted octanol–water partition coefficient (Wildman–Crippen LogP) is 9.02. The minimum absolute atomic E-state index is 0.141. The van der Waals surface area contributed by atoms with Gasteiger partial charge in [-0.25, -0.2) is 0 Å². The maximum absolute atomic E-state index is 5.37. The Labute approximate surface area is 225 Å². The standard InChI is InChI=1S/C35H31NO2/c1-37-33-22-16-29(17-23-33)35(28-9-5-3-6-10-28)26-15-27-13-18-31(19-14-27)36(30-11-7-4-8-12-30)32-20-24-34(38-2)25-21-32/h3-26,35H,1-2H3/b26-15+. The molecule has 3 heteroatoms. The average Bonchev–Trinajstić information content (AvgIpc) is 3.00. The predicted molar refractivity (Wildman–Crippen MR) is 158 cm³/mol. The fraction of sp³-hybridized carbons (Fsp3) is 0.0857. The summed E-state index contributed by atoms with van der Waals surface area (Å²) in [5.41, 5.74) is 6.88. The second-order valence-corrected chi connectivity index (χ2v) is 8.98. The molecule has 0 aliphatic heterocycles. The van der Waals surface area contributed by atoms with Crippen molar-refractivity contribution in [2.24, 2.45) is 0 Å². The van der Waals surface area contributed by atoms with Gasteiger partial charge in [-0.3, -0.25) is 0 Å². The summed E-state index contributed by atoms with van der Waals surface area (Å²) < 4.78 is 10.7. The van der Waals surface area contributed by atoms with Crippen LogP contribution < -0.4 is 14.4 Å². The first-order valence-electron chi connectivity index (χ1n) is 12.7. The van der Waals surface area contributed by atoms with Crippen molar-refractivity contribution in [2.45, 2.75) is 5.92 Å². The van der Waals surface area contributed by atoms with Crippen LogP contribution in [0.4, 0.5) is 17.1 Å². The van der Waals surface area contributed by atoms with E-state index in [0.29, 0.717) is 0 Å². The molecule has 5 aromatic rings. The summed E-state index contributed by atoms with van der Waals surface area (Å²) in [5.74, 6) is 1.84. The zero-order chi connectivity index (χ0) is 26.2. The Morgan fingerprint density at radius 3 is 1.50 bits per heavy atom. The maximum Gasteiger partial charge on any atom is 0.119 e. The van der Waals surface area contributed by atoms with Gasteiger partial charge in [0.05, 0.1) is 14.2 Å². The summed E-state index contributed by atoms with van der Waals surface area (Å²) in [6.07, 6.45) is 4.47. The summed E-state index contributed by atoms with van der Waals surface area (Å²) in [6, 6.07) is 46.1. The van der Waals surface area contributed by atoms with Gasteiger partial charge in [0, 0.05) is 23.0 Å². The molecule has 188 valence electrons. The highest BCUT2D eigenvalue weighted by atomic mass is 16.5. The van der Waals surface area contributed by atoms with Gasteiger partial charge >= 0.3 is 0 Å². The summed E-state index contributed by atoms with van der Waals surface area (Å²) in [5, 5.41) is 0. The second kappa shape index (κ2) is 12.0. The highest BCUT2D eigenvalue weighted by Gasteiger charge is 2.13. The fourth-order valence-electron chi connectivity index (χ4n) is 4.58. The number of methoxy groups -OCH3 is 2. The lowest BCUT2D eigenvalue weighted by Crippen LogP contribution is -2.09. The summed E-state index contributed by atoms with van der Waals surface area (Å²) in [4.78, 5) is 2.25. The molecule has 38 heavy (non-hydrogen) atoms. The molecule has 5 rings (SSSR count). The molecule has 0 aliphatic rings. The van der Waals surface area contributed by atoms with Crippen LogP contribution in [0.5, 0.6) is 11.5 Å². The van der Waals surface area contributed by atoms with Crippen molar-refractivity contribution in [3.63, 3.8) is 0 Å². The zero-order valence-corrected chi connectivity index (χ0v) is 21.7. The van der Waals surface area contributed by atoms with E-state index in [2.05, 4.69) is 120 Å². The lowest BCUT2D eigenvalue weighted by molar-refractivity contribution is 0.414. The zero-order valence-electron chi connectivity index (χ0n) is 21.7. The van der Waals surface area contributed by atoms with Gasteiger partial charge < -0.3 is 14.4 Å². The minimum atomic E-state index is 0.141. The normalized spacial score (nSPS) is 11.7. The molecule has 0 aliphatic carbocycles. The summed E-state index contributed by atoms with van der Waals surface area (Å²) >= 11 is 0. The van der Waals surface area contributed by atoms with E-state index in [-0.39, 0.29) is 5.92 Å². The topological polar surface area (TPSA) is 21.7 Å². The van der Waals surface area contributed by atoms with Gasteiger partial charge in [-0.2, -0.15) is 0 Å². The smallest absolute Gasteiger partial charge is 0.119 e. The molecule has 0 saturated heterocycles. The first-order chi connectivity index (χ1) is 18.7. The van der Waals surface area contributed by atoms with Gasteiger partial charge in [-0.15, -0.1) is 0 Å². The Hall–Kier alpha value is -4.76. The Morgan fingerprint density at radius 2 is 0.947 bits per heavy atom. The van der Waals surface area contributed by atoms with Crippen LogP contribution in [0, 0.1) is 0 Å². The van der Waals surface area contributed by atoms with Crippen molar-refractivity contribution < 1.29 is 9.47 Å². The van der Waals surface area contributed by atoms with Crippen molar-refractivity contribution in [2.75, 3.05) is 19.1 Å². The molecule has 0 saturated carbocycles. The van der Waals surface area contributed by atoms with Crippen LogP contribution in [0.15, 0.2) is 140 Å². The Morgan fingerprint density at radius 1 is 0.500 bits per heavy atom. The summed E-state index contributed by atoms with van der Waals surface area (Å²) in [7, 11) is 3.38. The average molecular weight is 498 g/mol. The second-order valence-electron chi connectivity index (χ2n) is 8.98. The largest absolute Gasteiger partial charge is 0.497 e. The molecule has 0 fully saturated rings. The molecule has 0 amide bonds. The van der Waals surface area contributed by atoms with Crippen molar-refractivity contribution in [1.82, 2.24) is 0 Å². The van der Waals surface area contributed by atoms with E-state index >= 15 is 0 Å². The van der Waals surface area contributed by atoms with Crippen LogP contribution in [0.3, 0.4) is 0 Å². The van der Waals surface area contributed by atoms with Gasteiger partial charge in [-0.05, 0) is 77.4 Å². The van der Waals surface area contributed by atoms with Crippen molar-refractivity contribution >= 4 is 23.1 Å². The van der Waals surface area contributed by atoms with Gasteiger partial charge in [-0.1, -0.05) is 84.9 Å². The van der Waals surface area contributed by atoms with E-state index in [4.69, 9.17) is 9.47 Å². The van der Waals surface area contributed by atoms with Crippen LogP contribution in [0.1, 0.15) is 22.6 Å². The van der Waals surface area contributed by atoms with E-state index in [0.717, 1.165) is 34.1 Å². The van der Waals surface area contributed by atoms with Gasteiger partial charge in [0.2, 0.25) is 0 Å². The van der Waals surface area contributed by atoms with Crippen LogP contribution in [-0.4, -0.2) is 14.2 Å². The van der Waals surface area contributed by atoms with E-state index in [1.807, 2.05) is 30.3 Å². The number of allylic oxidation sites excluding steroid dienone is 1. The number of ether oxygens (including phenoxy) is 2. The van der Waals surface area contributed by atoms with Crippen molar-refractivity contribution in [3.8, 4) is 11.5 Å². The number of hydrogen-bond donors (Lipinski definition) is 0. The molecule has 1 unspecified atom stereocenters. The lowest BCUT2D eigenvalue weighted by atomic mass is 9.90. The number of hydrogen-bond acceptors (Lipinski definition) is 3. The SMILES string of the molecule is COc1ccc(C(/C=C/c2ccc(N(c3ccccc3)c3ccc(OC)cc3)cc2)c2ccccc2)cc1. The molecule has 0 spiro atoms. The molecule has 0 heterocycles. The maximum atomic E-state index is 5.37. The Kier molecular flexibility index (Phi) is 7.86. The van der Waals surface area contributed by atoms with Crippen LogP contribution in [0.2, 0.25) is 0 Å². The number of benzene rings is 5. The number of anilines is 3. The third-order valence-electron chi connectivity index (χ3n) is 6.61. The third kappa shape index (κ3) is 5.79. The molecule has 0 radical (unpaired) electrons. The molecule has 3 nitrogen and oxygen atoms in total. The van der Waals surface area contributed by atoms with E-state index in [1.54, 1.807) is 14.2 Å². The minimum Gasteiger partial charge on any atom is -0.497 e. The van der Waals surface area contributed by atoms with Gasteiger partial charge in [0.15, 0.2) is 0 Å². The highest BCUT2D eigenvalue weighted by molar-refractivity contribution is 5.77.